The molecule has 128 valence electrons. The molecule has 1 unspecified atom stereocenters. The zero-order valence-corrected chi connectivity index (χ0v) is 14.0. The number of hydrogen-bond acceptors (Lipinski definition) is 4. The van der Waals surface area contributed by atoms with Crippen molar-refractivity contribution in [2.75, 3.05) is 25.6 Å². The fourth-order valence-corrected chi connectivity index (χ4v) is 2.14. The van der Waals surface area contributed by atoms with Gasteiger partial charge in [0.05, 0.1) is 24.0 Å². The average molecular weight is 329 g/mol. The molecule has 0 aliphatic rings. The fourth-order valence-electron chi connectivity index (χ4n) is 2.14. The quantitative estimate of drug-likeness (QED) is 0.728. The highest BCUT2D eigenvalue weighted by Crippen LogP contribution is 2.24. The van der Waals surface area contributed by atoms with E-state index in [1.54, 1.807) is 19.4 Å². The molecule has 24 heavy (non-hydrogen) atoms. The number of rotatable bonds is 8. The first kappa shape index (κ1) is 17.7. The van der Waals surface area contributed by atoms with Gasteiger partial charge in [0.1, 0.15) is 5.75 Å². The number of carbonyl (C=O) groups excluding carboxylic acids is 1. The van der Waals surface area contributed by atoms with Crippen LogP contribution >= 0.6 is 0 Å². The molecule has 2 rings (SSSR count). The van der Waals surface area contributed by atoms with Crippen LogP contribution in [0.4, 0.5) is 10.5 Å². The first-order chi connectivity index (χ1) is 11.7. The SMILES string of the molecule is COCCCOc1ccccc1NC(=O)NC(C)c1ccccn1. The summed E-state index contributed by atoms with van der Waals surface area (Å²) in [7, 11) is 1.66. The van der Waals surface area contributed by atoms with Crippen LogP contribution in [0.2, 0.25) is 0 Å². The summed E-state index contributed by atoms with van der Waals surface area (Å²) in [6.07, 6.45) is 2.49. The van der Waals surface area contributed by atoms with Gasteiger partial charge in [0, 0.05) is 26.3 Å². The second-order valence-electron chi connectivity index (χ2n) is 5.27. The van der Waals surface area contributed by atoms with Crippen LogP contribution in [0.1, 0.15) is 25.1 Å². The molecule has 1 atom stereocenters. The van der Waals surface area contributed by atoms with Gasteiger partial charge in [0.15, 0.2) is 0 Å². The van der Waals surface area contributed by atoms with E-state index in [-0.39, 0.29) is 12.1 Å². The van der Waals surface area contributed by atoms with Crippen molar-refractivity contribution in [2.24, 2.45) is 0 Å². The van der Waals surface area contributed by atoms with E-state index in [4.69, 9.17) is 9.47 Å². The van der Waals surface area contributed by atoms with Gasteiger partial charge in [0.25, 0.3) is 0 Å². The van der Waals surface area contributed by atoms with Gasteiger partial charge in [-0.2, -0.15) is 0 Å². The number of methoxy groups -OCH3 is 1. The Morgan fingerprint density at radius 3 is 2.71 bits per heavy atom. The van der Waals surface area contributed by atoms with E-state index < -0.39 is 0 Å². The molecular formula is C18H23N3O3. The molecule has 0 radical (unpaired) electrons. The van der Waals surface area contributed by atoms with Crippen LogP contribution in [0, 0.1) is 0 Å². The van der Waals surface area contributed by atoms with Gasteiger partial charge >= 0.3 is 6.03 Å². The number of ether oxygens (including phenoxy) is 2. The lowest BCUT2D eigenvalue weighted by atomic mass is 10.2. The van der Waals surface area contributed by atoms with E-state index >= 15 is 0 Å². The summed E-state index contributed by atoms with van der Waals surface area (Å²) in [5.74, 6) is 0.634. The molecule has 0 saturated carbocycles. The van der Waals surface area contributed by atoms with Gasteiger partial charge in [-0.05, 0) is 31.2 Å². The highest BCUT2D eigenvalue weighted by atomic mass is 16.5. The molecule has 6 nitrogen and oxygen atoms in total. The summed E-state index contributed by atoms with van der Waals surface area (Å²) in [5, 5.41) is 5.68. The molecule has 1 aromatic heterocycles. The molecule has 2 aromatic rings. The van der Waals surface area contributed by atoms with E-state index in [0.29, 0.717) is 24.7 Å². The molecule has 1 heterocycles. The normalized spacial score (nSPS) is 11.6. The second-order valence-corrected chi connectivity index (χ2v) is 5.27. The molecule has 0 bridgehead atoms. The standard InChI is InChI=1S/C18H23N3O3/c1-14(15-8-5-6-11-19-15)20-18(22)21-16-9-3-4-10-17(16)24-13-7-12-23-2/h3-6,8-11,14H,7,12-13H2,1-2H3,(H2,20,21,22). The predicted octanol–water partition coefficient (Wildman–Crippen LogP) is 3.38. The van der Waals surface area contributed by atoms with Crippen molar-refractivity contribution < 1.29 is 14.3 Å². The minimum Gasteiger partial charge on any atom is -0.491 e. The third-order valence-electron chi connectivity index (χ3n) is 3.36. The Morgan fingerprint density at radius 2 is 1.96 bits per heavy atom. The van der Waals surface area contributed by atoms with Crippen molar-refractivity contribution in [3.63, 3.8) is 0 Å². The summed E-state index contributed by atoms with van der Waals surface area (Å²) < 4.78 is 10.7. The summed E-state index contributed by atoms with van der Waals surface area (Å²) in [6.45, 7) is 3.05. The van der Waals surface area contributed by atoms with Gasteiger partial charge in [0.2, 0.25) is 0 Å². The Balaban J connectivity index is 1.91. The summed E-state index contributed by atoms with van der Waals surface area (Å²) in [5.41, 5.74) is 1.43. The summed E-state index contributed by atoms with van der Waals surface area (Å²) >= 11 is 0. The number of benzene rings is 1. The number of amides is 2. The van der Waals surface area contributed by atoms with Crippen LogP contribution < -0.4 is 15.4 Å². The van der Waals surface area contributed by atoms with Gasteiger partial charge < -0.3 is 20.1 Å². The van der Waals surface area contributed by atoms with Gasteiger partial charge in [-0.15, -0.1) is 0 Å². The van der Waals surface area contributed by atoms with E-state index in [0.717, 1.165) is 12.1 Å². The van der Waals surface area contributed by atoms with Crippen LogP contribution in [0.5, 0.6) is 5.75 Å². The van der Waals surface area contributed by atoms with Crippen molar-refractivity contribution in [1.29, 1.82) is 0 Å². The van der Waals surface area contributed by atoms with E-state index in [1.807, 2.05) is 43.3 Å². The number of para-hydroxylation sites is 2. The molecule has 0 spiro atoms. The average Bonchev–Trinajstić information content (AvgIpc) is 2.60. The number of nitrogens with zero attached hydrogens (tertiary/aromatic N) is 1. The minimum absolute atomic E-state index is 0.194. The lowest BCUT2D eigenvalue weighted by Gasteiger charge is -2.16. The van der Waals surface area contributed by atoms with E-state index in [1.165, 1.54) is 0 Å². The number of hydrogen-bond donors (Lipinski definition) is 2. The third-order valence-corrected chi connectivity index (χ3v) is 3.36. The lowest BCUT2D eigenvalue weighted by Crippen LogP contribution is -2.31. The Hall–Kier alpha value is -2.60. The number of pyridine rings is 1. The number of carbonyl (C=O) groups is 1. The smallest absolute Gasteiger partial charge is 0.319 e. The fraction of sp³-hybridized carbons (Fsp3) is 0.333. The van der Waals surface area contributed by atoms with E-state index in [2.05, 4.69) is 15.6 Å². The first-order valence-corrected chi connectivity index (χ1v) is 7.90. The van der Waals surface area contributed by atoms with Crippen molar-refractivity contribution in [1.82, 2.24) is 10.3 Å². The molecule has 2 amide bonds. The number of urea groups is 1. The number of nitrogens with one attached hydrogen (secondary N) is 2. The van der Waals surface area contributed by atoms with Gasteiger partial charge in [-0.25, -0.2) is 4.79 Å². The van der Waals surface area contributed by atoms with Crippen LogP contribution in [-0.4, -0.2) is 31.3 Å². The van der Waals surface area contributed by atoms with Gasteiger partial charge in [-0.3, -0.25) is 4.98 Å². The maximum atomic E-state index is 12.2. The number of anilines is 1. The molecule has 0 aliphatic carbocycles. The lowest BCUT2D eigenvalue weighted by molar-refractivity contribution is 0.172. The Bertz CT molecular complexity index is 634. The Morgan fingerprint density at radius 1 is 1.17 bits per heavy atom. The largest absolute Gasteiger partial charge is 0.491 e. The van der Waals surface area contributed by atoms with Crippen molar-refractivity contribution in [3.05, 3.63) is 54.4 Å². The predicted molar refractivity (Wildman–Crippen MR) is 93.2 cm³/mol. The molecule has 0 fully saturated rings. The third kappa shape index (κ3) is 5.55. The summed E-state index contributed by atoms with van der Waals surface area (Å²) in [6, 6.07) is 12.4. The second kappa shape index (κ2) is 9.52. The van der Waals surface area contributed by atoms with Crippen molar-refractivity contribution in [2.45, 2.75) is 19.4 Å². The number of aromatic nitrogens is 1. The van der Waals surface area contributed by atoms with Crippen LogP contribution in [0.15, 0.2) is 48.7 Å². The Labute approximate surface area is 142 Å². The zero-order chi connectivity index (χ0) is 17.2. The molecule has 2 N–H and O–H groups in total. The molecule has 0 aliphatic heterocycles. The van der Waals surface area contributed by atoms with Crippen molar-refractivity contribution >= 4 is 11.7 Å². The molecule has 6 heteroatoms. The zero-order valence-electron chi connectivity index (χ0n) is 14.0. The first-order valence-electron chi connectivity index (χ1n) is 7.90. The molecule has 0 saturated heterocycles. The highest BCUT2D eigenvalue weighted by Gasteiger charge is 2.12. The maximum Gasteiger partial charge on any atom is 0.319 e. The molecule has 1 aromatic carbocycles. The molecular weight excluding hydrogens is 306 g/mol. The van der Waals surface area contributed by atoms with Crippen LogP contribution in [0.3, 0.4) is 0 Å². The highest BCUT2D eigenvalue weighted by molar-refractivity contribution is 5.91. The van der Waals surface area contributed by atoms with E-state index in [9.17, 15) is 4.79 Å². The maximum absolute atomic E-state index is 12.2. The summed E-state index contributed by atoms with van der Waals surface area (Å²) in [4.78, 5) is 16.4. The van der Waals surface area contributed by atoms with Crippen molar-refractivity contribution in [3.8, 4) is 5.75 Å². The Kier molecular flexibility index (Phi) is 7.04. The van der Waals surface area contributed by atoms with Crippen LogP contribution in [0.25, 0.3) is 0 Å². The minimum atomic E-state index is -0.305. The topological polar surface area (TPSA) is 72.5 Å². The van der Waals surface area contributed by atoms with Gasteiger partial charge in [-0.1, -0.05) is 18.2 Å². The van der Waals surface area contributed by atoms with Crippen LogP contribution in [-0.2, 0) is 4.74 Å². The monoisotopic (exact) mass is 329 g/mol.